The van der Waals surface area contributed by atoms with Crippen LogP contribution in [0.3, 0.4) is 0 Å². The van der Waals surface area contributed by atoms with E-state index in [1.807, 2.05) is 12.1 Å². The Morgan fingerprint density at radius 3 is 2.61 bits per heavy atom. The van der Waals surface area contributed by atoms with Crippen molar-refractivity contribution in [1.82, 2.24) is 15.0 Å². The average Bonchev–Trinajstić information content (AvgIpc) is 3.20. The van der Waals surface area contributed by atoms with Gasteiger partial charge in [-0.1, -0.05) is 40.0 Å². The van der Waals surface area contributed by atoms with Gasteiger partial charge in [0.2, 0.25) is 11.7 Å². The van der Waals surface area contributed by atoms with Crippen LogP contribution in [-0.4, -0.2) is 34.0 Å². The highest BCUT2D eigenvalue weighted by Crippen LogP contribution is 2.30. The van der Waals surface area contributed by atoms with Crippen LogP contribution in [0.1, 0.15) is 35.0 Å². The van der Waals surface area contributed by atoms with Gasteiger partial charge in [-0.05, 0) is 55.3 Å². The highest BCUT2D eigenvalue weighted by atomic mass is 35.5. The molecule has 3 aromatic rings. The molecule has 1 amide bonds. The van der Waals surface area contributed by atoms with Crippen LogP contribution < -0.4 is 0 Å². The van der Waals surface area contributed by atoms with Gasteiger partial charge in [0.15, 0.2) is 0 Å². The first kappa shape index (κ1) is 19.2. The maximum absolute atomic E-state index is 12.8. The Balaban J connectivity index is 1.50. The first-order valence-electron chi connectivity index (χ1n) is 8.85. The number of likely N-dealkylation sites (tertiary alicyclic amines) is 1. The van der Waals surface area contributed by atoms with Crippen LogP contribution in [0.4, 0.5) is 0 Å². The molecule has 1 atom stereocenters. The van der Waals surface area contributed by atoms with Crippen molar-refractivity contribution in [2.75, 3.05) is 13.1 Å². The molecule has 0 spiro atoms. The maximum atomic E-state index is 12.8. The van der Waals surface area contributed by atoms with Crippen molar-refractivity contribution in [1.29, 1.82) is 0 Å². The van der Waals surface area contributed by atoms with Gasteiger partial charge in [-0.15, -0.1) is 0 Å². The number of carbonyl (C=O) groups excluding carboxylic acids is 1. The van der Waals surface area contributed by atoms with Gasteiger partial charge in [0.05, 0.1) is 16.0 Å². The second kappa shape index (κ2) is 8.11. The lowest BCUT2D eigenvalue weighted by Crippen LogP contribution is -2.39. The molecule has 1 aliphatic rings. The predicted molar refractivity (Wildman–Crippen MR) is 109 cm³/mol. The summed E-state index contributed by atoms with van der Waals surface area (Å²) in [6, 6.07) is 12.2. The van der Waals surface area contributed by atoms with E-state index in [4.69, 9.17) is 39.3 Å². The number of nitrogens with zero attached hydrogens (tertiary/aromatic N) is 3. The van der Waals surface area contributed by atoms with Crippen LogP contribution in [0, 0.1) is 0 Å². The Bertz CT molecular complexity index is 1000. The van der Waals surface area contributed by atoms with Crippen molar-refractivity contribution < 1.29 is 9.32 Å². The SMILES string of the molecule is O=C(c1ccc(Cl)c(Cl)c1)N1CCCC(c2nc(-c3ccc(Cl)cc3)no2)C1. The van der Waals surface area contributed by atoms with E-state index < -0.39 is 0 Å². The molecule has 2 heterocycles. The monoisotopic (exact) mass is 435 g/mol. The molecule has 5 nitrogen and oxygen atoms in total. The van der Waals surface area contributed by atoms with Crippen LogP contribution in [-0.2, 0) is 0 Å². The van der Waals surface area contributed by atoms with E-state index in [1.165, 1.54) is 0 Å². The lowest BCUT2D eigenvalue weighted by molar-refractivity contribution is 0.0695. The molecule has 0 N–H and O–H groups in total. The van der Waals surface area contributed by atoms with Crippen molar-refractivity contribution in [3.05, 3.63) is 69.0 Å². The van der Waals surface area contributed by atoms with Crippen LogP contribution in [0.5, 0.6) is 0 Å². The number of hydrogen-bond acceptors (Lipinski definition) is 4. The number of benzene rings is 2. The molecule has 1 aromatic heterocycles. The van der Waals surface area contributed by atoms with Gasteiger partial charge < -0.3 is 9.42 Å². The summed E-state index contributed by atoms with van der Waals surface area (Å²) < 4.78 is 5.49. The number of piperidine rings is 1. The van der Waals surface area contributed by atoms with Gasteiger partial charge in [0.1, 0.15) is 0 Å². The van der Waals surface area contributed by atoms with E-state index in [2.05, 4.69) is 10.1 Å². The quantitative estimate of drug-likeness (QED) is 0.527. The molecule has 0 aliphatic carbocycles. The molecule has 0 saturated carbocycles. The van der Waals surface area contributed by atoms with Crippen LogP contribution in [0.25, 0.3) is 11.4 Å². The number of halogens is 3. The van der Waals surface area contributed by atoms with Gasteiger partial charge in [0.25, 0.3) is 5.91 Å². The molecule has 0 radical (unpaired) electrons. The first-order valence-corrected chi connectivity index (χ1v) is 9.98. The van der Waals surface area contributed by atoms with Crippen LogP contribution in [0.15, 0.2) is 47.0 Å². The Hall–Kier alpha value is -2.08. The molecule has 144 valence electrons. The summed E-state index contributed by atoms with van der Waals surface area (Å²) in [6.45, 7) is 1.19. The minimum atomic E-state index is -0.0827. The molecule has 8 heteroatoms. The highest BCUT2D eigenvalue weighted by Gasteiger charge is 2.29. The third-order valence-electron chi connectivity index (χ3n) is 4.77. The number of amides is 1. The van der Waals surface area contributed by atoms with Crippen molar-refractivity contribution in [3.8, 4) is 11.4 Å². The van der Waals surface area contributed by atoms with Gasteiger partial charge in [-0.2, -0.15) is 4.98 Å². The number of carbonyl (C=O) groups is 1. The van der Waals surface area contributed by atoms with Gasteiger partial charge in [-0.25, -0.2) is 0 Å². The average molecular weight is 437 g/mol. The van der Waals surface area contributed by atoms with E-state index in [0.717, 1.165) is 18.4 Å². The van der Waals surface area contributed by atoms with Crippen molar-refractivity contribution in [2.45, 2.75) is 18.8 Å². The largest absolute Gasteiger partial charge is 0.339 e. The first-order chi connectivity index (χ1) is 13.5. The zero-order valence-corrected chi connectivity index (χ0v) is 17.0. The summed E-state index contributed by atoms with van der Waals surface area (Å²) in [5.74, 6) is 0.964. The molecule has 0 bridgehead atoms. The molecular weight excluding hydrogens is 421 g/mol. The zero-order valence-electron chi connectivity index (χ0n) is 14.7. The second-order valence-corrected chi connectivity index (χ2v) is 7.93. The molecule has 4 rings (SSSR count). The van der Waals surface area contributed by atoms with Gasteiger partial charge >= 0.3 is 0 Å². The topological polar surface area (TPSA) is 59.2 Å². The molecule has 1 saturated heterocycles. The summed E-state index contributed by atoms with van der Waals surface area (Å²) in [6.07, 6.45) is 1.74. The summed E-state index contributed by atoms with van der Waals surface area (Å²) in [5.41, 5.74) is 1.35. The molecule has 1 fully saturated rings. The summed E-state index contributed by atoms with van der Waals surface area (Å²) in [4.78, 5) is 19.2. The minimum Gasteiger partial charge on any atom is -0.339 e. The zero-order chi connectivity index (χ0) is 19.7. The molecular formula is C20H16Cl3N3O2. The molecule has 1 unspecified atom stereocenters. The lowest BCUT2D eigenvalue weighted by Gasteiger charge is -2.31. The Morgan fingerprint density at radius 1 is 1.07 bits per heavy atom. The van der Waals surface area contributed by atoms with E-state index in [1.54, 1.807) is 35.2 Å². The maximum Gasteiger partial charge on any atom is 0.253 e. The predicted octanol–water partition coefficient (Wildman–Crippen LogP) is 5.72. The van der Waals surface area contributed by atoms with Gasteiger partial charge in [0, 0.05) is 29.2 Å². The van der Waals surface area contributed by atoms with Gasteiger partial charge in [-0.3, -0.25) is 4.79 Å². The molecule has 1 aliphatic heterocycles. The fraction of sp³-hybridized carbons (Fsp3) is 0.250. The molecule has 28 heavy (non-hydrogen) atoms. The highest BCUT2D eigenvalue weighted by molar-refractivity contribution is 6.42. The third kappa shape index (κ3) is 4.02. The van der Waals surface area contributed by atoms with Crippen LogP contribution in [0.2, 0.25) is 15.1 Å². The second-order valence-electron chi connectivity index (χ2n) is 6.68. The van der Waals surface area contributed by atoms with E-state index in [-0.39, 0.29) is 11.8 Å². The Morgan fingerprint density at radius 2 is 1.86 bits per heavy atom. The Labute approximate surface area is 177 Å². The standard InChI is InChI=1S/C20H16Cl3N3O2/c21-15-6-3-12(4-7-15)18-24-19(28-25-18)14-2-1-9-26(11-14)20(27)13-5-8-16(22)17(23)10-13/h3-8,10,14H,1-2,9,11H2. The summed E-state index contributed by atoms with van der Waals surface area (Å²) >= 11 is 17.9. The number of aromatic nitrogens is 2. The van der Waals surface area contributed by atoms with Crippen molar-refractivity contribution in [2.24, 2.45) is 0 Å². The normalized spacial score (nSPS) is 17.0. The van der Waals surface area contributed by atoms with E-state index in [0.29, 0.717) is 45.4 Å². The molecule has 2 aromatic carbocycles. The minimum absolute atomic E-state index is 0.00553. The lowest BCUT2D eigenvalue weighted by atomic mass is 9.97. The Kier molecular flexibility index (Phi) is 5.58. The van der Waals surface area contributed by atoms with E-state index >= 15 is 0 Å². The fourth-order valence-electron chi connectivity index (χ4n) is 3.29. The van der Waals surface area contributed by atoms with Crippen molar-refractivity contribution in [3.63, 3.8) is 0 Å². The van der Waals surface area contributed by atoms with Crippen molar-refractivity contribution >= 4 is 40.7 Å². The summed E-state index contributed by atoms with van der Waals surface area (Å²) in [5, 5.41) is 5.52. The fourth-order valence-corrected chi connectivity index (χ4v) is 3.72. The number of hydrogen-bond donors (Lipinski definition) is 0. The summed E-state index contributed by atoms with van der Waals surface area (Å²) in [7, 11) is 0. The van der Waals surface area contributed by atoms with Crippen LogP contribution >= 0.6 is 34.8 Å². The van der Waals surface area contributed by atoms with E-state index in [9.17, 15) is 4.79 Å². The number of rotatable bonds is 3. The smallest absolute Gasteiger partial charge is 0.253 e. The third-order valence-corrected chi connectivity index (χ3v) is 5.76.